The maximum Gasteiger partial charge on any atom is 0.231 e. The average Bonchev–Trinajstić information content (AvgIpc) is 3.28. The first-order valence-electron chi connectivity index (χ1n) is 10.9. The molecule has 164 valence electrons. The lowest BCUT2D eigenvalue weighted by Gasteiger charge is -2.24. The molecular formula is C26H30ClNO2S. The minimum Gasteiger partial charge on any atom is -0.487 e. The Bertz CT molecular complexity index is 1110. The molecule has 1 atom stereocenters. The highest BCUT2D eigenvalue weighted by atomic mass is 35.5. The molecular weight excluding hydrogens is 426 g/mol. The summed E-state index contributed by atoms with van der Waals surface area (Å²) in [6.45, 7) is 11.0. The van der Waals surface area contributed by atoms with Gasteiger partial charge in [0.15, 0.2) is 0 Å². The van der Waals surface area contributed by atoms with Crippen LogP contribution >= 0.6 is 22.9 Å². The van der Waals surface area contributed by atoms with E-state index in [0.717, 1.165) is 28.1 Å². The Morgan fingerprint density at radius 1 is 1.23 bits per heavy atom. The molecule has 3 aromatic rings. The first kappa shape index (κ1) is 22.2. The van der Waals surface area contributed by atoms with Crippen LogP contribution in [0.4, 0.5) is 5.69 Å². The van der Waals surface area contributed by atoms with Gasteiger partial charge in [-0.15, -0.1) is 22.9 Å². The van der Waals surface area contributed by atoms with Crippen molar-refractivity contribution in [1.29, 1.82) is 0 Å². The van der Waals surface area contributed by atoms with Crippen molar-refractivity contribution in [3.63, 3.8) is 0 Å². The maximum atomic E-state index is 13.4. The molecule has 31 heavy (non-hydrogen) atoms. The number of hydrogen-bond donors (Lipinski definition) is 0. The van der Waals surface area contributed by atoms with Gasteiger partial charge in [0.25, 0.3) is 0 Å². The van der Waals surface area contributed by atoms with E-state index in [-0.39, 0.29) is 17.4 Å². The quantitative estimate of drug-likeness (QED) is 0.393. The van der Waals surface area contributed by atoms with Crippen molar-refractivity contribution in [1.82, 2.24) is 0 Å². The minimum atomic E-state index is -0.320. The van der Waals surface area contributed by atoms with E-state index in [1.54, 1.807) is 11.3 Å². The smallest absolute Gasteiger partial charge is 0.231 e. The van der Waals surface area contributed by atoms with E-state index < -0.39 is 0 Å². The third-order valence-corrected chi connectivity index (χ3v) is 7.29. The number of carbonyl (C=O) groups excluding carboxylic acids is 1. The molecule has 1 aromatic heterocycles. The van der Waals surface area contributed by atoms with Crippen LogP contribution in [0, 0.1) is 6.92 Å². The second-order valence-corrected chi connectivity index (χ2v) is 10.5. The Morgan fingerprint density at radius 3 is 2.52 bits per heavy atom. The number of nitrogens with zero attached hydrogens (tertiary/aromatic N) is 1. The Hall–Kier alpha value is -2.04. The van der Waals surface area contributed by atoms with Gasteiger partial charge in [-0.05, 0) is 61.7 Å². The van der Waals surface area contributed by atoms with Gasteiger partial charge >= 0.3 is 0 Å². The Balaban J connectivity index is 1.76. The summed E-state index contributed by atoms with van der Waals surface area (Å²) in [6.07, 6.45) is 1.38. The number of fused-ring (bicyclic) bond motifs is 3. The summed E-state index contributed by atoms with van der Waals surface area (Å²) in [5, 5.41) is 3.38. The lowest BCUT2D eigenvalue weighted by atomic mass is 9.97. The van der Waals surface area contributed by atoms with Crippen LogP contribution in [0.3, 0.4) is 0 Å². The molecule has 2 aromatic carbocycles. The Morgan fingerprint density at radius 2 is 1.90 bits per heavy atom. The Labute approximate surface area is 194 Å². The van der Waals surface area contributed by atoms with Crippen LogP contribution in [-0.4, -0.2) is 23.9 Å². The van der Waals surface area contributed by atoms with Gasteiger partial charge in [0.05, 0.1) is 16.8 Å². The molecule has 3 nitrogen and oxygen atoms in total. The largest absolute Gasteiger partial charge is 0.487 e. The number of aryl methyl sites for hydroxylation is 2. The molecule has 0 aliphatic carbocycles. The van der Waals surface area contributed by atoms with Crippen LogP contribution < -0.4 is 9.64 Å². The van der Waals surface area contributed by atoms with Gasteiger partial charge in [-0.1, -0.05) is 31.2 Å². The predicted octanol–water partition coefficient (Wildman–Crippen LogP) is 6.86. The fraction of sp³-hybridized carbons (Fsp3) is 0.423. The lowest BCUT2D eigenvalue weighted by Crippen LogP contribution is -2.31. The summed E-state index contributed by atoms with van der Waals surface area (Å²) in [6, 6.07) is 10.4. The maximum absolute atomic E-state index is 13.4. The van der Waals surface area contributed by atoms with E-state index in [1.807, 2.05) is 4.90 Å². The number of rotatable bonds is 5. The van der Waals surface area contributed by atoms with Crippen molar-refractivity contribution in [2.75, 3.05) is 17.3 Å². The minimum absolute atomic E-state index is 0.104. The Kier molecular flexibility index (Phi) is 6.06. The standard InChI is InChI=1S/C26H30ClNO2S/c1-6-17-7-9-18(10-8-17)11-22(29)28-14-19(13-27)24-20(28)12-21(30-26(3,4)5)25-23(24)16(2)15-31-25/h7-10,12,15,19H,6,11,13-14H2,1-5H3/t19-/m1/s1. The number of ether oxygens (including phenoxy) is 1. The number of carbonyl (C=O) groups is 1. The summed E-state index contributed by atoms with van der Waals surface area (Å²) in [7, 11) is 0. The third kappa shape index (κ3) is 4.33. The topological polar surface area (TPSA) is 29.5 Å². The van der Waals surface area contributed by atoms with E-state index in [4.69, 9.17) is 16.3 Å². The van der Waals surface area contributed by atoms with Crippen molar-refractivity contribution in [2.24, 2.45) is 0 Å². The van der Waals surface area contributed by atoms with Crippen LogP contribution in [-0.2, 0) is 17.6 Å². The number of halogens is 1. The molecule has 0 bridgehead atoms. The molecule has 0 radical (unpaired) electrons. The normalized spacial score (nSPS) is 16.1. The van der Waals surface area contributed by atoms with E-state index >= 15 is 0 Å². The van der Waals surface area contributed by atoms with Crippen LogP contribution in [0.25, 0.3) is 10.1 Å². The van der Waals surface area contributed by atoms with Gasteiger partial charge < -0.3 is 9.64 Å². The average molecular weight is 456 g/mol. The molecule has 0 N–H and O–H groups in total. The number of alkyl halides is 1. The highest BCUT2D eigenvalue weighted by Gasteiger charge is 2.36. The van der Waals surface area contributed by atoms with Gasteiger partial charge in [0.2, 0.25) is 5.91 Å². The van der Waals surface area contributed by atoms with Gasteiger partial charge in [-0.3, -0.25) is 4.79 Å². The van der Waals surface area contributed by atoms with Crippen molar-refractivity contribution in [3.05, 3.63) is 58.0 Å². The fourth-order valence-electron chi connectivity index (χ4n) is 4.33. The predicted molar refractivity (Wildman–Crippen MR) is 132 cm³/mol. The lowest BCUT2D eigenvalue weighted by molar-refractivity contribution is -0.117. The zero-order chi connectivity index (χ0) is 22.3. The van der Waals surface area contributed by atoms with Gasteiger partial charge in [-0.25, -0.2) is 0 Å². The van der Waals surface area contributed by atoms with E-state index in [9.17, 15) is 4.79 Å². The summed E-state index contributed by atoms with van der Waals surface area (Å²) in [4.78, 5) is 15.3. The molecule has 0 unspecified atom stereocenters. The van der Waals surface area contributed by atoms with E-state index in [0.29, 0.717) is 18.8 Å². The zero-order valence-electron chi connectivity index (χ0n) is 18.9. The van der Waals surface area contributed by atoms with E-state index in [2.05, 4.69) is 70.3 Å². The van der Waals surface area contributed by atoms with Crippen molar-refractivity contribution >= 4 is 44.6 Å². The number of benzene rings is 2. The SMILES string of the molecule is CCc1ccc(CC(=O)N2C[C@@H](CCl)c3c2cc(OC(C)(C)C)c2scc(C)c32)cc1. The number of thiophene rings is 1. The van der Waals surface area contributed by atoms with Crippen LogP contribution in [0.5, 0.6) is 5.75 Å². The van der Waals surface area contributed by atoms with Crippen LogP contribution in [0.2, 0.25) is 0 Å². The van der Waals surface area contributed by atoms with Gasteiger partial charge in [0, 0.05) is 29.8 Å². The second kappa shape index (κ2) is 8.48. The highest BCUT2D eigenvalue weighted by molar-refractivity contribution is 7.17. The molecule has 4 rings (SSSR count). The number of amides is 1. The monoisotopic (exact) mass is 455 g/mol. The first-order valence-corrected chi connectivity index (χ1v) is 12.3. The molecule has 0 saturated heterocycles. The molecule has 0 spiro atoms. The van der Waals surface area contributed by atoms with Crippen molar-refractivity contribution in [3.8, 4) is 5.75 Å². The molecule has 2 heterocycles. The molecule has 1 amide bonds. The molecule has 1 aliphatic rings. The van der Waals surface area contributed by atoms with Crippen molar-refractivity contribution in [2.45, 2.75) is 59.0 Å². The summed E-state index contributed by atoms with van der Waals surface area (Å²) < 4.78 is 7.48. The van der Waals surface area contributed by atoms with Crippen molar-refractivity contribution < 1.29 is 9.53 Å². The van der Waals surface area contributed by atoms with Crippen LogP contribution in [0.1, 0.15) is 55.9 Å². The molecule has 0 fully saturated rings. The van der Waals surface area contributed by atoms with Gasteiger partial charge in [0.1, 0.15) is 11.4 Å². The summed E-state index contributed by atoms with van der Waals surface area (Å²) in [5.74, 6) is 1.57. The summed E-state index contributed by atoms with van der Waals surface area (Å²) >= 11 is 8.10. The third-order valence-electron chi connectivity index (χ3n) is 5.80. The molecule has 1 aliphatic heterocycles. The number of hydrogen-bond acceptors (Lipinski definition) is 3. The summed E-state index contributed by atoms with van der Waals surface area (Å²) in [5.41, 5.74) is 5.37. The first-order chi connectivity index (χ1) is 14.7. The fourth-order valence-corrected chi connectivity index (χ4v) is 5.60. The van der Waals surface area contributed by atoms with Crippen LogP contribution in [0.15, 0.2) is 35.7 Å². The highest BCUT2D eigenvalue weighted by Crippen LogP contribution is 2.49. The van der Waals surface area contributed by atoms with Gasteiger partial charge in [-0.2, -0.15) is 0 Å². The zero-order valence-corrected chi connectivity index (χ0v) is 20.5. The van der Waals surface area contributed by atoms with E-state index in [1.165, 1.54) is 22.1 Å². The molecule has 5 heteroatoms. The number of anilines is 1. The molecule has 0 saturated carbocycles. The second-order valence-electron chi connectivity index (χ2n) is 9.35.